The lowest BCUT2D eigenvalue weighted by Crippen LogP contribution is -2.58. The molecule has 218 valence electrons. The number of H-pyrrole nitrogens is 2. The Balaban J connectivity index is 2.14. The number of nitrogens with zero attached hydrogens (tertiary/aromatic N) is 3. The third-order valence-corrected chi connectivity index (χ3v) is 5.52. The maximum atomic E-state index is 13.1. The number of hydrogen-bond donors (Lipinski definition) is 10. The maximum absolute atomic E-state index is 13.1. The van der Waals surface area contributed by atoms with E-state index >= 15 is 0 Å². The Bertz CT molecular complexity index is 1160. The number of aliphatic carboxylic acids is 2. The Morgan fingerprint density at radius 2 is 1.38 bits per heavy atom. The van der Waals surface area contributed by atoms with Gasteiger partial charge in [0.25, 0.3) is 0 Å². The first-order chi connectivity index (χ1) is 19.0. The number of imidazole rings is 2. The predicted molar refractivity (Wildman–Crippen MR) is 138 cm³/mol. The van der Waals surface area contributed by atoms with Gasteiger partial charge in [-0.25, -0.2) is 14.8 Å². The summed E-state index contributed by atoms with van der Waals surface area (Å²) in [6.45, 7) is 0.213. The van der Waals surface area contributed by atoms with Crippen LogP contribution in [0.25, 0.3) is 0 Å². The molecule has 2 aromatic rings. The van der Waals surface area contributed by atoms with Gasteiger partial charge < -0.3 is 53.3 Å². The Morgan fingerprint density at radius 3 is 1.88 bits per heavy atom. The summed E-state index contributed by atoms with van der Waals surface area (Å²) in [6, 6.07) is -5.43. The molecule has 4 unspecified atom stereocenters. The van der Waals surface area contributed by atoms with Crippen molar-refractivity contribution in [3.8, 4) is 0 Å². The highest BCUT2D eigenvalue weighted by atomic mass is 16.4. The van der Waals surface area contributed by atoms with Crippen LogP contribution < -0.4 is 33.2 Å². The molecule has 0 bridgehead atoms. The number of aromatic amines is 2. The molecule has 0 saturated carbocycles. The summed E-state index contributed by atoms with van der Waals surface area (Å²) in [5.74, 6) is -5.52. The first-order valence-corrected chi connectivity index (χ1v) is 12.1. The molecule has 0 aromatic carbocycles. The van der Waals surface area contributed by atoms with Gasteiger partial charge in [-0.05, 0) is 12.8 Å². The lowest BCUT2D eigenvalue weighted by Gasteiger charge is -2.24. The van der Waals surface area contributed by atoms with Gasteiger partial charge in [0.1, 0.15) is 18.1 Å². The van der Waals surface area contributed by atoms with Crippen molar-refractivity contribution in [2.75, 3.05) is 6.54 Å². The Hall–Kier alpha value is -5.00. The number of aromatic nitrogens is 4. The summed E-state index contributed by atoms with van der Waals surface area (Å²) in [6.07, 6.45) is 4.89. The summed E-state index contributed by atoms with van der Waals surface area (Å²) in [7, 11) is 0. The molecule has 4 atom stereocenters. The van der Waals surface area contributed by atoms with Crippen LogP contribution in [0.1, 0.15) is 30.7 Å². The van der Waals surface area contributed by atoms with Crippen molar-refractivity contribution in [3.05, 3.63) is 36.4 Å². The molecule has 18 nitrogen and oxygen atoms in total. The first-order valence-electron chi connectivity index (χ1n) is 12.1. The van der Waals surface area contributed by atoms with Gasteiger partial charge in [0, 0.05) is 43.2 Å². The molecule has 0 radical (unpaired) electrons. The van der Waals surface area contributed by atoms with Crippen molar-refractivity contribution in [1.82, 2.24) is 35.9 Å². The van der Waals surface area contributed by atoms with Crippen LogP contribution >= 0.6 is 0 Å². The van der Waals surface area contributed by atoms with E-state index in [2.05, 4.69) is 40.9 Å². The average molecular weight is 564 g/mol. The highest BCUT2D eigenvalue weighted by Gasteiger charge is 2.32. The van der Waals surface area contributed by atoms with E-state index in [1.165, 1.54) is 25.0 Å². The quantitative estimate of drug-likeness (QED) is 0.0505. The molecule has 0 spiro atoms. The van der Waals surface area contributed by atoms with Crippen molar-refractivity contribution >= 4 is 35.6 Å². The Morgan fingerprint density at radius 1 is 0.850 bits per heavy atom. The van der Waals surface area contributed by atoms with E-state index in [1.54, 1.807) is 0 Å². The fourth-order valence-corrected chi connectivity index (χ4v) is 3.50. The number of hydrogen-bond acceptors (Lipinski definition) is 9. The molecule has 0 aliphatic rings. The SMILES string of the molecule is NC(N)=NCCCC(N)C(=O)NC(CC(=O)O)C(=O)NC(Cc1cnc[nH]1)C(=O)NC(Cc1cnc[nH]1)C(=O)O. The molecule has 0 saturated heterocycles. The van der Waals surface area contributed by atoms with E-state index in [-0.39, 0.29) is 31.8 Å². The van der Waals surface area contributed by atoms with Gasteiger partial charge in [-0.15, -0.1) is 0 Å². The number of carbonyl (C=O) groups excluding carboxylic acids is 3. The topological polar surface area (TPSA) is 310 Å². The number of carboxylic acid groups (broad SMARTS) is 2. The molecule has 2 heterocycles. The van der Waals surface area contributed by atoms with Crippen LogP contribution in [0, 0.1) is 0 Å². The molecule has 13 N–H and O–H groups in total. The zero-order valence-electron chi connectivity index (χ0n) is 21.4. The summed E-state index contributed by atoms with van der Waals surface area (Å²) < 4.78 is 0. The number of rotatable bonds is 17. The third kappa shape index (κ3) is 10.8. The van der Waals surface area contributed by atoms with Crippen molar-refractivity contribution in [2.45, 2.75) is 56.3 Å². The molecule has 0 fully saturated rings. The molecule has 3 amide bonds. The summed E-state index contributed by atoms with van der Waals surface area (Å²) in [5.41, 5.74) is 17.2. The number of carboxylic acids is 2. The van der Waals surface area contributed by atoms with Crippen molar-refractivity contribution in [1.29, 1.82) is 0 Å². The van der Waals surface area contributed by atoms with Gasteiger partial charge >= 0.3 is 11.9 Å². The molecule has 0 aliphatic heterocycles. The minimum atomic E-state index is -1.59. The van der Waals surface area contributed by atoms with E-state index in [0.717, 1.165) is 0 Å². The summed E-state index contributed by atoms with van der Waals surface area (Å²) >= 11 is 0. The molecule has 18 heteroatoms. The fourth-order valence-electron chi connectivity index (χ4n) is 3.50. The standard InChI is InChI=1S/C22H33N11O7/c23-13(2-1-3-28-22(24)25)18(36)31-15(6-17(34)35)20(38)32-14(4-11-7-26-9-29-11)19(37)33-16(21(39)40)5-12-8-27-10-30-12/h7-10,13-16H,1-6,23H2,(H,26,29)(H,27,30)(H,31,36)(H,32,38)(H,33,37)(H,34,35)(H,39,40)(H4,24,25,28). The second-order valence-corrected chi connectivity index (χ2v) is 8.74. The second kappa shape index (κ2) is 15.4. The lowest BCUT2D eigenvalue weighted by molar-refractivity contribution is -0.143. The number of aliphatic imine (C=N–C) groups is 1. The van der Waals surface area contributed by atoms with E-state index in [9.17, 15) is 34.2 Å². The Kier molecular flexibility index (Phi) is 12.0. The average Bonchev–Trinajstić information content (AvgIpc) is 3.59. The molecule has 0 aliphatic carbocycles. The third-order valence-electron chi connectivity index (χ3n) is 5.52. The van der Waals surface area contributed by atoms with Gasteiger partial charge in [0.2, 0.25) is 17.7 Å². The molecule has 2 rings (SSSR count). The van der Waals surface area contributed by atoms with Crippen LogP contribution in [-0.2, 0) is 36.8 Å². The number of amides is 3. The lowest BCUT2D eigenvalue weighted by atomic mass is 10.1. The number of guanidine groups is 1. The summed E-state index contributed by atoms with van der Waals surface area (Å²) in [4.78, 5) is 78.9. The smallest absolute Gasteiger partial charge is 0.326 e. The second-order valence-electron chi connectivity index (χ2n) is 8.74. The summed E-state index contributed by atoms with van der Waals surface area (Å²) in [5, 5.41) is 25.9. The highest BCUT2D eigenvalue weighted by molar-refractivity contribution is 5.95. The van der Waals surface area contributed by atoms with E-state index in [1.807, 2.05) is 0 Å². The molecule has 40 heavy (non-hydrogen) atoms. The van der Waals surface area contributed by atoms with E-state index in [4.69, 9.17) is 17.2 Å². The zero-order valence-corrected chi connectivity index (χ0v) is 21.4. The van der Waals surface area contributed by atoms with Gasteiger partial charge in [0.05, 0.1) is 25.1 Å². The van der Waals surface area contributed by atoms with Crippen LogP contribution in [0.4, 0.5) is 0 Å². The number of carbonyl (C=O) groups is 5. The monoisotopic (exact) mass is 563 g/mol. The normalized spacial score (nSPS) is 13.7. The highest BCUT2D eigenvalue weighted by Crippen LogP contribution is 2.05. The van der Waals surface area contributed by atoms with Crippen LogP contribution in [0.3, 0.4) is 0 Å². The van der Waals surface area contributed by atoms with Crippen molar-refractivity contribution in [3.63, 3.8) is 0 Å². The molecule has 2 aromatic heterocycles. The minimum Gasteiger partial charge on any atom is -0.481 e. The van der Waals surface area contributed by atoms with Gasteiger partial charge in [-0.3, -0.25) is 24.2 Å². The van der Waals surface area contributed by atoms with Crippen LogP contribution in [0.5, 0.6) is 0 Å². The molecular formula is C22H33N11O7. The number of nitrogens with two attached hydrogens (primary N) is 3. The minimum absolute atomic E-state index is 0.120. The van der Waals surface area contributed by atoms with Crippen LogP contribution in [0.15, 0.2) is 30.0 Å². The van der Waals surface area contributed by atoms with Crippen molar-refractivity contribution < 1.29 is 34.2 Å². The fraction of sp³-hybridized carbons (Fsp3) is 0.455. The number of nitrogens with one attached hydrogen (secondary N) is 5. The van der Waals surface area contributed by atoms with Crippen LogP contribution in [0.2, 0.25) is 0 Å². The van der Waals surface area contributed by atoms with Gasteiger partial charge in [0.15, 0.2) is 5.96 Å². The van der Waals surface area contributed by atoms with Crippen molar-refractivity contribution in [2.24, 2.45) is 22.2 Å². The van der Waals surface area contributed by atoms with Crippen LogP contribution in [-0.4, -0.2) is 96.5 Å². The van der Waals surface area contributed by atoms with E-state index < -0.39 is 60.2 Å². The largest absolute Gasteiger partial charge is 0.481 e. The van der Waals surface area contributed by atoms with E-state index in [0.29, 0.717) is 17.8 Å². The Labute approximate surface area is 227 Å². The van der Waals surface area contributed by atoms with Gasteiger partial charge in [-0.2, -0.15) is 0 Å². The zero-order chi connectivity index (χ0) is 29.7. The first kappa shape index (κ1) is 31.2. The van der Waals surface area contributed by atoms with Gasteiger partial charge in [-0.1, -0.05) is 0 Å². The molecular weight excluding hydrogens is 530 g/mol. The maximum Gasteiger partial charge on any atom is 0.326 e. The predicted octanol–water partition coefficient (Wildman–Crippen LogP) is -3.69.